The van der Waals surface area contributed by atoms with Gasteiger partial charge in [0, 0.05) is 18.0 Å². The fourth-order valence-corrected chi connectivity index (χ4v) is 4.92. The summed E-state index contributed by atoms with van der Waals surface area (Å²) >= 11 is 0. The predicted octanol–water partition coefficient (Wildman–Crippen LogP) is 4.61. The number of aromatic nitrogens is 1. The minimum Gasteiger partial charge on any atom is -0.355 e. The maximum Gasteiger partial charge on any atom is 0.237 e. The van der Waals surface area contributed by atoms with Crippen molar-refractivity contribution in [3.05, 3.63) is 59.4 Å². The number of carbonyl (C=O) groups excluding carboxylic acids is 1. The Hall–Kier alpha value is -2.80. The van der Waals surface area contributed by atoms with E-state index < -0.39 is 11.6 Å². The fourth-order valence-electron chi connectivity index (χ4n) is 4.92. The Morgan fingerprint density at radius 1 is 1.03 bits per heavy atom. The highest BCUT2D eigenvalue weighted by atomic mass is 19.1. The molecule has 1 atom stereocenters. The predicted molar refractivity (Wildman–Crippen MR) is 113 cm³/mol. The van der Waals surface area contributed by atoms with E-state index in [1.165, 1.54) is 18.2 Å². The summed E-state index contributed by atoms with van der Waals surface area (Å²) in [4.78, 5) is 15.0. The average molecular weight is 427 g/mol. The number of nitrogens with one attached hydrogen (secondary N) is 3. The molecule has 1 saturated heterocycles. The fraction of sp³-hybridized carbons (Fsp3) is 0.375. The second kappa shape index (κ2) is 8.04. The maximum atomic E-state index is 14.5. The summed E-state index contributed by atoms with van der Waals surface area (Å²) < 4.78 is 41.9. The first-order valence-corrected chi connectivity index (χ1v) is 10.8. The van der Waals surface area contributed by atoms with Gasteiger partial charge in [0.15, 0.2) is 0 Å². The van der Waals surface area contributed by atoms with Gasteiger partial charge in [-0.15, -0.1) is 0 Å². The van der Waals surface area contributed by atoms with E-state index in [2.05, 4.69) is 15.6 Å². The van der Waals surface area contributed by atoms with Gasteiger partial charge < -0.3 is 15.6 Å². The lowest BCUT2D eigenvalue weighted by Gasteiger charge is -2.37. The normalized spacial score (nSPS) is 23.6. The third kappa shape index (κ3) is 3.82. The first-order valence-electron chi connectivity index (χ1n) is 10.8. The topological polar surface area (TPSA) is 56.9 Å². The second-order valence-corrected chi connectivity index (χ2v) is 8.66. The lowest BCUT2D eigenvalue weighted by molar-refractivity contribution is -0.124. The third-order valence-corrected chi connectivity index (χ3v) is 6.58. The molecule has 2 aliphatic rings. The van der Waals surface area contributed by atoms with Crippen LogP contribution in [0.2, 0.25) is 0 Å². The summed E-state index contributed by atoms with van der Waals surface area (Å²) in [7, 11) is 0. The largest absolute Gasteiger partial charge is 0.355 e. The van der Waals surface area contributed by atoms with Crippen LogP contribution in [0, 0.1) is 23.4 Å². The van der Waals surface area contributed by atoms with Gasteiger partial charge in [-0.1, -0.05) is 0 Å². The molecule has 1 amide bonds. The van der Waals surface area contributed by atoms with Crippen LogP contribution in [0.3, 0.4) is 0 Å². The van der Waals surface area contributed by atoms with Gasteiger partial charge in [-0.3, -0.25) is 4.79 Å². The molecule has 1 unspecified atom stereocenters. The number of amides is 1. The summed E-state index contributed by atoms with van der Waals surface area (Å²) in [6.07, 6.45) is 3.54. The minimum atomic E-state index is -0.634. The Labute approximate surface area is 178 Å². The van der Waals surface area contributed by atoms with E-state index in [4.69, 9.17) is 0 Å². The Balaban J connectivity index is 1.39. The second-order valence-electron chi connectivity index (χ2n) is 8.66. The van der Waals surface area contributed by atoms with E-state index >= 15 is 0 Å². The quantitative estimate of drug-likeness (QED) is 0.557. The molecule has 1 aliphatic carbocycles. The van der Waals surface area contributed by atoms with Gasteiger partial charge in [0.05, 0.1) is 17.3 Å². The molecule has 0 spiro atoms. The number of aromatic amines is 1. The molecule has 3 N–H and O–H groups in total. The van der Waals surface area contributed by atoms with Gasteiger partial charge in [-0.25, -0.2) is 13.2 Å². The van der Waals surface area contributed by atoms with Crippen molar-refractivity contribution in [2.45, 2.75) is 37.6 Å². The highest BCUT2D eigenvalue weighted by molar-refractivity contribution is 5.92. The van der Waals surface area contributed by atoms with Crippen molar-refractivity contribution in [1.29, 1.82) is 0 Å². The number of piperidine rings is 1. The molecule has 2 heterocycles. The summed E-state index contributed by atoms with van der Waals surface area (Å²) in [6, 6.07) is 8.14. The zero-order valence-electron chi connectivity index (χ0n) is 17.0. The molecule has 4 nitrogen and oxygen atoms in total. The Morgan fingerprint density at radius 3 is 2.55 bits per heavy atom. The number of carbonyl (C=O) groups is 1. The Morgan fingerprint density at radius 2 is 1.81 bits per heavy atom. The molecule has 31 heavy (non-hydrogen) atoms. The highest BCUT2D eigenvalue weighted by Crippen LogP contribution is 2.48. The van der Waals surface area contributed by atoms with Crippen LogP contribution in [-0.2, 0) is 4.79 Å². The first kappa shape index (κ1) is 20.1. The van der Waals surface area contributed by atoms with Crippen LogP contribution in [-0.4, -0.2) is 30.0 Å². The van der Waals surface area contributed by atoms with Crippen LogP contribution < -0.4 is 10.6 Å². The van der Waals surface area contributed by atoms with Crippen LogP contribution >= 0.6 is 0 Å². The van der Waals surface area contributed by atoms with E-state index in [0.29, 0.717) is 17.0 Å². The average Bonchev–Trinajstić information content (AvgIpc) is 3.08. The van der Waals surface area contributed by atoms with E-state index in [1.54, 1.807) is 12.1 Å². The van der Waals surface area contributed by atoms with Crippen LogP contribution in [0.15, 0.2) is 36.4 Å². The van der Waals surface area contributed by atoms with E-state index in [9.17, 15) is 18.0 Å². The number of benzene rings is 2. The molecule has 0 radical (unpaired) electrons. The smallest absolute Gasteiger partial charge is 0.237 e. The van der Waals surface area contributed by atoms with Crippen molar-refractivity contribution in [3.8, 4) is 11.3 Å². The molecular weight excluding hydrogens is 403 g/mol. The molecule has 1 aliphatic heterocycles. The van der Waals surface area contributed by atoms with E-state index in [1.807, 2.05) is 0 Å². The van der Waals surface area contributed by atoms with Crippen LogP contribution in [0.4, 0.5) is 13.2 Å². The molecule has 2 aromatic carbocycles. The standard InChI is InChI=1S/C24H24F3N3O/c25-16-5-3-14(4-6-16)22-21(18-10-17(26)11-19(27)23(18)30-22)15-8-13(9-15)12-29-20-2-1-7-28-24(20)31/h3-6,10-11,13,15,20,29-30H,1-2,7-9,12H2,(H,28,31). The Kier molecular flexibility index (Phi) is 5.22. The molecule has 0 bridgehead atoms. The third-order valence-electron chi connectivity index (χ3n) is 6.58. The molecule has 1 saturated carbocycles. The van der Waals surface area contributed by atoms with Crippen LogP contribution in [0.25, 0.3) is 22.2 Å². The van der Waals surface area contributed by atoms with Crippen LogP contribution in [0.1, 0.15) is 37.2 Å². The summed E-state index contributed by atoms with van der Waals surface area (Å²) in [5, 5.41) is 6.79. The van der Waals surface area contributed by atoms with E-state index in [-0.39, 0.29) is 29.2 Å². The van der Waals surface area contributed by atoms with Crippen molar-refractivity contribution in [2.24, 2.45) is 5.92 Å². The molecule has 2 fully saturated rings. The van der Waals surface area contributed by atoms with E-state index in [0.717, 1.165) is 56.0 Å². The van der Waals surface area contributed by atoms with Gasteiger partial charge in [0.1, 0.15) is 17.5 Å². The molecular formula is C24H24F3N3O. The van der Waals surface area contributed by atoms with Crippen LogP contribution in [0.5, 0.6) is 0 Å². The summed E-state index contributed by atoms with van der Waals surface area (Å²) in [5.74, 6) is -1.00. The zero-order valence-corrected chi connectivity index (χ0v) is 17.0. The number of hydrogen-bond donors (Lipinski definition) is 3. The maximum absolute atomic E-state index is 14.5. The summed E-state index contributed by atoms with van der Waals surface area (Å²) in [5.41, 5.74) is 2.61. The first-order chi connectivity index (χ1) is 15.0. The van der Waals surface area contributed by atoms with Crippen molar-refractivity contribution >= 4 is 16.8 Å². The number of H-pyrrole nitrogens is 1. The minimum absolute atomic E-state index is 0.0586. The molecule has 5 rings (SSSR count). The van der Waals surface area contributed by atoms with Crippen molar-refractivity contribution in [1.82, 2.24) is 15.6 Å². The molecule has 162 valence electrons. The summed E-state index contributed by atoms with van der Waals surface area (Å²) in [6.45, 7) is 1.48. The number of rotatable bonds is 5. The lowest BCUT2D eigenvalue weighted by atomic mass is 9.70. The Bertz CT molecular complexity index is 1120. The zero-order chi connectivity index (χ0) is 21.5. The van der Waals surface area contributed by atoms with Gasteiger partial charge in [-0.2, -0.15) is 0 Å². The SMILES string of the molecule is O=C1NCCCC1NCC1CC(c2c(-c3ccc(F)cc3)[nH]c3c(F)cc(F)cc23)C1. The number of fused-ring (bicyclic) bond motifs is 1. The lowest BCUT2D eigenvalue weighted by Crippen LogP contribution is -2.50. The monoisotopic (exact) mass is 427 g/mol. The van der Waals surface area contributed by atoms with Gasteiger partial charge in [-0.05, 0) is 85.5 Å². The van der Waals surface area contributed by atoms with Crippen molar-refractivity contribution < 1.29 is 18.0 Å². The molecule has 3 aromatic rings. The number of hydrogen-bond acceptors (Lipinski definition) is 2. The molecule has 7 heteroatoms. The van der Waals surface area contributed by atoms with Crippen molar-refractivity contribution in [3.63, 3.8) is 0 Å². The number of halogens is 3. The van der Waals surface area contributed by atoms with Gasteiger partial charge in [0.2, 0.25) is 5.91 Å². The molecule has 1 aromatic heterocycles. The van der Waals surface area contributed by atoms with Gasteiger partial charge in [0.25, 0.3) is 0 Å². The highest BCUT2D eigenvalue weighted by Gasteiger charge is 2.35. The van der Waals surface area contributed by atoms with Gasteiger partial charge >= 0.3 is 0 Å². The van der Waals surface area contributed by atoms with Crippen molar-refractivity contribution in [2.75, 3.05) is 13.1 Å².